The van der Waals surface area contributed by atoms with Crippen LogP contribution >= 0.6 is 0 Å². The van der Waals surface area contributed by atoms with Gasteiger partial charge >= 0.3 is 0 Å². The van der Waals surface area contributed by atoms with E-state index in [-0.39, 0.29) is 10.7 Å². The molecule has 0 spiro atoms. The quantitative estimate of drug-likeness (QED) is 0.495. The van der Waals surface area contributed by atoms with Gasteiger partial charge in [-0.2, -0.15) is 5.26 Å². The topological polar surface area (TPSA) is 122 Å². The van der Waals surface area contributed by atoms with Gasteiger partial charge in [-0.25, -0.2) is 13.6 Å². The number of sulfonamides is 1. The fourth-order valence-electron chi connectivity index (χ4n) is 3.18. The van der Waals surface area contributed by atoms with Gasteiger partial charge in [-0.3, -0.25) is 0 Å². The van der Waals surface area contributed by atoms with Crippen LogP contribution in [0.3, 0.4) is 0 Å². The minimum atomic E-state index is -3.79. The Morgan fingerprint density at radius 1 is 0.806 bits per heavy atom. The van der Waals surface area contributed by atoms with Gasteiger partial charge in [0.2, 0.25) is 10.0 Å². The van der Waals surface area contributed by atoms with Crippen LogP contribution in [0.5, 0.6) is 0 Å². The molecule has 152 valence electrons. The summed E-state index contributed by atoms with van der Waals surface area (Å²) in [5.41, 5.74) is 3.81. The van der Waals surface area contributed by atoms with Crippen molar-refractivity contribution in [3.05, 3.63) is 90.5 Å². The molecule has 0 fully saturated rings. The summed E-state index contributed by atoms with van der Waals surface area (Å²) in [5.74, 6) is 0.268. The Morgan fingerprint density at radius 3 is 1.94 bits per heavy atom. The predicted molar refractivity (Wildman–Crippen MR) is 119 cm³/mol. The van der Waals surface area contributed by atoms with E-state index in [1.165, 1.54) is 12.1 Å². The third kappa shape index (κ3) is 4.28. The zero-order chi connectivity index (χ0) is 21.8. The highest BCUT2D eigenvalue weighted by atomic mass is 32.2. The van der Waals surface area contributed by atoms with Crippen LogP contribution in [0.4, 0.5) is 11.5 Å². The smallest absolute Gasteiger partial charge is 0.238 e. The highest BCUT2D eigenvalue weighted by Gasteiger charge is 2.19. The lowest BCUT2D eigenvalue weighted by atomic mass is 9.95. The number of primary sulfonamides is 1. The van der Waals surface area contributed by atoms with Crippen molar-refractivity contribution in [3.8, 4) is 28.5 Å². The third-order valence-corrected chi connectivity index (χ3v) is 5.57. The Labute approximate surface area is 179 Å². The Kier molecular flexibility index (Phi) is 5.45. The summed E-state index contributed by atoms with van der Waals surface area (Å²) in [5, 5.41) is 26.9. The van der Waals surface area contributed by atoms with Gasteiger partial charge in [0.15, 0.2) is 5.82 Å². The third-order valence-electron chi connectivity index (χ3n) is 4.64. The van der Waals surface area contributed by atoms with Crippen LogP contribution in [0.25, 0.3) is 22.4 Å². The number of rotatable bonds is 5. The minimum Gasteiger partial charge on any atom is -0.338 e. The van der Waals surface area contributed by atoms with Gasteiger partial charge in [-0.05, 0) is 29.8 Å². The van der Waals surface area contributed by atoms with Crippen LogP contribution in [0, 0.1) is 11.3 Å². The second-order valence-corrected chi connectivity index (χ2v) is 8.25. The number of nitriles is 1. The Morgan fingerprint density at radius 2 is 1.39 bits per heavy atom. The van der Waals surface area contributed by atoms with Crippen molar-refractivity contribution in [3.63, 3.8) is 0 Å². The predicted octanol–water partition coefficient (Wildman–Crippen LogP) is 4.07. The number of aromatic nitrogens is 2. The first-order valence-electron chi connectivity index (χ1n) is 9.29. The Balaban J connectivity index is 1.84. The van der Waals surface area contributed by atoms with Gasteiger partial charge in [-0.1, -0.05) is 60.7 Å². The van der Waals surface area contributed by atoms with Gasteiger partial charge < -0.3 is 5.32 Å². The highest BCUT2D eigenvalue weighted by molar-refractivity contribution is 7.89. The molecule has 0 unspecified atom stereocenters. The van der Waals surface area contributed by atoms with Crippen LogP contribution in [0.15, 0.2) is 89.8 Å². The van der Waals surface area contributed by atoms with E-state index in [9.17, 15) is 13.7 Å². The second kappa shape index (κ2) is 8.36. The summed E-state index contributed by atoms with van der Waals surface area (Å²) in [6.07, 6.45) is 0. The number of nitrogens with one attached hydrogen (secondary N) is 1. The number of nitrogens with two attached hydrogens (primary N) is 1. The molecule has 3 N–H and O–H groups in total. The van der Waals surface area contributed by atoms with Crippen molar-refractivity contribution < 1.29 is 8.42 Å². The van der Waals surface area contributed by atoms with Gasteiger partial charge in [0.25, 0.3) is 0 Å². The SMILES string of the molecule is N#Cc1c(Nc2ccc(S(N)(=O)=O)cc2)nnc(-c2ccccc2)c1-c1ccccc1. The maximum Gasteiger partial charge on any atom is 0.238 e. The van der Waals surface area contributed by atoms with E-state index in [1.807, 2.05) is 60.7 Å². The first-order chi connectivity index (χ1) is 15.0. The van der Waals surface area contributed by atoms with Crippen molar-refractivity contribution in [1.29, 1.82) is 5.26 Å². The van der Waals surface area contributed by atoms with E-state index >= 15 is 0 Å². The standard InChI is InChI=1S/C23H17N5O2S/c24-15-20-21(16-7-3-1-4-8-16)22(17-9-5-2-6-10-17)27-28-23(20)26-18-11-13-19(14-12-18)31(25,29)30/h1-14H,(H,26,28)(H2,25,29,30). The fourth-order valence-corrected chi connectivity index (χ4v) is 3.70. The summed E-state index contributed by atoms with van der Waals surface area (Å²) < 4.78 is 22.9. The lowest BCUT2D eigenvalue weighted by Crippen LogP contribution is -2.12. The number of hydrogen-bond donors (Lipinski definition) is 2. The normalized spacial score (nSPS) is 11.0. The van der Waals surface area contributed by atoms with Crippen LogP contribution in [0.1, 0.15) is 5.56 Å². The van der Waals surface area contributed by atoms with E-state index in [0.717, 1.165) is 11.1 Å². The molecule has 1 heterocycles. The highest BCUT2D eigenvalue weighted by Crippen LogP contribution is 2.36. The van der Waals surface area contributed by atoms with Gasteiger partial charge in [0, 0.05) is 16.8 Å². The number of hydrogen-bond acceptors (Lipinski definition) is 6. The molecular weight excluding hydrogens is 410 g/mol. The molecule has 0 aliphatic heterocycles. The molecule has 0 aliphatic rings. The van der Waals surface area contributed by atoms with Crippen LogP contribution < -0.4 is 10.5 Å². The summed E-state index contributed by atoms with van der Waals surface area (Å²) >= 11 is 0. The number of nitrogens with zero attached hydrogens (tertiary/aromatic N) is 3. The largest absolute Gasteiger partial charge is 0.338 e. The van der Waals surface area contributed by atoms with E-state index in [4.69, 9.17) is 5.14 Å². The van der Waals surface area contributed by atoms with Crippen molar-refractivity contribution in [2.75, 3.05) is 5.32 Å². The maximum absolute atomic E-state index is 11.5. The summed E-state index contributed by atoms with van der Waals surface area (Å²) in [6.45, 7) is 0. The molecule has 0 amide bonds. The van der Waals surface area contributed by atoms with E-state index < -0.39 is 10.0 Å². The first-order valence-corrected chi connectivity index (χ1v) is 10.8. The molecule has 0 bridgehead atoms. The summed E-state index contributed by atoms with van der Waals surface area (Å²) in [4.78, 5) is -0.00552. The average molecular weight is 427 g/mol. The van der Waals surface area contributed by atoms with Crippen LogP contribution in [0.2, 0.25) is 0 Å². The molecule has 8 heteroatoms. The van der Waals surface area contributed by atoms with Crippen molar-refractivity contribution >= 4 is 21.5 Å². The van der Waals surface area contributed by atoms with E-state index in [2.05, 4.69) is 21.6 Å². The van der Waals surface area contributed by atoms with E-state index in [1.54, 1.807) is 12.1 Å². The molecular formula is C23H17N5O2S. The molecule has 0 radical (unpaired) electrons. The zero-order valence-electron chi connectivity index (χ0n) is 16.2. The molecule has 3 aromatic carbocycles. The molecule has 0 atom stereocenters. The molecule has 31 heavy (non-hydrogen) atoms. The summed E-state index contributed by atoms with van der Waals surface area (Å²) in [7, 11) is -3.79. The van der Waals surface area contributed by atoms with Crippen LogP contribution in [-0.4, -0.2) is 18.6 Å². The second-order valence-electron chi connectivity index (χ2n) is 6.69. The lowest BCUT2D eigenvalue weighted by Gasteiger charge is -2.14. The zero-order valence-corrected chi connectivity index (χ0v) is 17.0. The maximum atomic E-state index is 11.5. The molecule has 0 aliphatic carbocycles. The number of anilines is 2. The van der Waals surface area contributed by atoms with Gasteiger partial charge in [0.1, 0.15) is 17.3 Å². The van der Waals surface area contributed by atoms with Gasteiger partial charge in [-0.15, -0.1) is 10.2 Å². The summed E-state index contributed by atoms with van der Waals surface area (Å²) in [6, 6.07) is 27.2. The molecule has 1 aromatic heterocycles. The molecule has 7 nitrogen and oxygen atoms in total. The molecule has 4 rings (SSSR count). The van der Waals surface area contributed by atoms with Crippen molar-refractivity contribution in [1.82, 2.24) is 10.2 Å². The molecule has 4 aromatic rings. The van der Waals surface area contributed by atoms with Crippen molar-refractivity contribution in [2.24, 2.45) is 5.14 Å². The molecule has 0 saturated heterocycles. The first kappa shape index (κ1) is 20.2. The fraction of sp³-hybridized carbons (Fsp3) is 0. The molecule has 0 saturated carbocycles. The Bertz CT molecular complexity index is 1370. The monoisotopic (exact) mass is 427 g/mol. The van der Waals surface area contributed by atoms with Crippen molar-refractivity contribution in [2.45, 2.75) is 4.90 Å². The average Bonchev–Trinajstić information content (AvgIpc) is 2.79. The number of benzene rings is 3. The minimum absolute atomic E-state index is 0.00552. The van der Waals surface area contributed by atoms with E-state index in [0.29, 0.717) is 22.5 Å². The van der Waals surface area contributed by atoms with Gasteiger partial charge in [0.05, 0.1) is 4.90 Å². The van der Waals surface area contributed by atoms with Crippen LogP contribution in [-0.2, 0) is 10.0 Å². The Hall–Kier alpha value is -4.06. The lowest BCUT2D eigenvalue weighted by molar-refractivity contribution is 0.598.